The number of anilines is 2. The summed E-state index contributed by atoms with van der Waals surface area (Å²) in [5.41, 5.74) is 1.74. The number of aromatic nitrogens is 5. The molecule has 0 saturated heterocycles. The number of nitrogens with zero attached hydrogens (tertiary/aromatic N) is 5. The van der Waals surface area contributed by atoms with Crippen molar-refractivity contribution >= 4 is 38.8 Å². The van der Waals surface area contributed by atoms with Gasteiger partial charge in [0, 0.05) is 22.8 Å². The standard InChI is InChI=1S/C15H11ClF2N6S/c16-10-3-1-9(2-4-10)11-7-24-15(19-11)25-14(22-24)20-13-5-6-23(21-13)8-12(17)18/h1-7,12H,8H2,(H,20,21,22). The Labute approximate surface area is 149 Å². The van der Waals surface area contributed by atoms with Crippen molar-refractivity contribution in [3.63, 3.8) is 0 Å². The van der Waals surface area contributed by atoms with Crippen molar-refractivity contribution in [2.75, 3.05) is 5.32 Å². The molecule has 4 rings (SSSR count). The molecule has 0 fully saturated rings. The lowest BCUT2D eigenvalue weighted by Gasteiger charge is -1.99. The molecule has 6 nitrogen and oxygen atoms in total. The van der Waals surface area contributed by atoms with Gasteiger partial charge in [0.25, 0.3) is 6.43 Å². The molecule has 128 valence electrons. The monoisotopic (exact) mass is 380 g/mol. The average molecular weight is 381 g/mol. The molecular weight excluding hydrogens is 370 g/mol. The van der Waals surface area contributed by atoms with E-state index in [-0.39, 0.29) is 0 Å². The van der Waals surface area contributed by atoms with Gasteiger partial charge in [-0.3, -0.25) is 4.68 Å². The van der Waals surface area contributed by atoms with Gasteiger partial charge in [-0.05, 0) is 12.1 Å². The molecule has 1 N–H and O–H groups in total. The Morgan fingerprint density at radius 3 is 2.68 bits per heavy atom. The number of benzene rings is 1. The summed E-state index contributed by atoms with van der Waals surface area (Å²) < 4.78 is 27.5. The van der Waals surface area contributed by atoms with E-state index in [4.69, 9.17) is 11.6 Å². The van der Waals surface area contributed by atoms with E-state index in [0.717, 1.165) is 11.3 Å². The quantitative estimate of drug-likeness (QED) is 0.560. The smallest absolute Gasteiger partial charge is 0.257 e. The van der Waals surface area contributed by atoms with Gasteiger partial charge in [0.2, 0.25) is 10.1 Å². The first-order valence-electron chi connectivity index (χ1n) is 7.27. The molecule has 0 unspecified atom stereocenters. The van der Waals surface area contributed by atoms with E-state index in [2.05, 4.69) is 20.5 Å². The fourth-order valence-corrected chi connectivity index (χ4v) is 3.21. The van der Waals surface area contributed by atoms with Crippen LogP contribution in [0.1, 0.15) is 0 Å². The topological polar surface area (TPSA) is 60.0 Å². The highest BCUT2D eigenvalue weighted by Crippen LogP contribution is 2.26. The van der Waals surface area contributed by atoms with Crippen molar-refractivity contribution in [1.82, 2.24) is 24.4 Å². The van der Waals surface area contributed by atoms with E-state index < -0.39 is 13.0 Å². The summed E-state index contributed by atoms with van der Waals surface area (Å²) in [5.74, 6) is 0.454. The Morgan fingerprint density at radius 2 is 1.96 bits per heavy atom. The van der Waals surface area contributed by atoms with Crippen molar-refractivity contribution in [2.45, 2.75) is 13.0 Å². The minimum atomic E-state index is -2.44. The predicted octanol–water partition coefficient (Wildman–Crippen LogP) is 4.32. The lowest BCUT2D eigenvalue weighted by Crippen LogP contribution is -2.07. The number of rotatable bonds is 5. The van der Waals surface area contributed by atoms with Crippen LogP contribution in [0.2, 0.25) is 5.02 Å². The van der Waals surface area contributed by atoms with E-state index in [1.165, 1.54) is 22.2 Å². The van der Waals surface area contributed by atoms with E-state index in [0.29, 0.717) is 20.9 Å². The molecule has 4 aromatic rings. The van der Waals surface area contributed by atoms with Crippen LogP contribution in [-0.4, -0.2) is 30.8 Å². The Bertz CT molecular complexity index is 975. The Balaban J connectivity index is 1.53. The molecule has 0 aliphatic carbocycles. The Morgan fingerprint density at radius 1 is 1.16 bits per heavy atom. The maximum absolute atomic E-state index is 12.3. The van der Waals surface area contributed by atoms with Gasteiger partial charge in [-0.1, -0.05) is 35.1 Å². The normalized spacial score (nSPS) is 11.5. The highest BCUT2D eigenvalue weighted by atomic mass is 35.5. The molecule has 0 saturated carbocycles. The molecule has 25 heavy (non-hydrogen) atoms. The van der Waals surface area contributed by atoms with Gasteiger partial charge < -0.3 is 5.32 Å². The number of fused-ring (bicyclic) bond motifs is 1. The maximum Gasteiger partial charge on any atom is 0.257 e. The van der Waals surface area contributed by atoms with Gasteiger partial charge in [0.05, 0.1) is 11.9 Å². The third-order valence-corrected chi connectivity index (χ3v) is 4.47. The molecule has 0 aliphatic rings. The average Bonchev–Trinajstić information content (AvgIpc) is 3.23. The van der Waals surface area contributed by atoms with Gasteiger partial charge in [-0.25, -0.2) is 18.3 Å². The fraction of sp³-hybridized carbons (Fsp3) is 0.133. The lowest BCUT2D eigenvalue weighted by molar-refractivity contribution is 0.122. The second-order valence-corrected chi connectivity index (χ2v) is 6.60. The van der Waals surface area contributed by atoms with Crippen LogP contribution >= 0.6 is 22.9 Å². The molecule has 0 radical (unpaired) electrons. The minimum absolute atomic E-state index is 0.437. The van der Waals surface area contributed by atoms with Crippen LogP contribution in [0.25, 0.3) is 16.2 Å². The van der Waals surface area contributed by atoms with Crippen molar-refractivity contribution in [2.24, 2.45) is 0 Å². The molecule has 10 heteroatoms. The van der Waals surface area contributed by atoms with Crippen molar-refractivity contribution in [3.8, 4) is 11.3 Å². The first-order valence-corrected chi connectivity index (χ1v) is 8.47. The predicted molar refractivity (Wildman–Crippen MR) is 92.8 cm³/mol. The number of hydrogen-bond acceptors (Lipinski definition) is 5. The largest absolute Gasteiger partial charge is 0.313 e. The van der Waals surface area contributed by atoms with Gasteiger partial charge in [-0.2, -0.15) is 5.10 Å². The van der Waals surface area contributed by atoms with Crippen LogP contribution in [-0.2, 0) is 6.54 Å². The molecule has 0 amide bonds. The molecule has 3 aromatic heterocycles. The van der Waals surface area contributed by atoms with Gasteiger partial charge >= 0.3 is 0 Å². The first-order chi connectivity index (χ1) is 12.1. The molecule has 0 atom stereocenters. The van der Waals surface area contributed by atoms with Crippen LogP contribution in [0.3, 0.4) is 0 Å². The molecule has 0 spiro atoms. The molecule has 3 heterocycles. The summed E-state index contributed by atoms with van der Waals surface area (Å²) in [6.45, 7) is -0.437. The van der Waals surface area contributed by atoms with Gasteiger partial charge in [-0.15, -0.1) is 5.10 Å². The minimum Gasteiger partial charge on any atom is -0.313 e. The van der Waals surface area contributed by atoms with Crippen LogP contribution in [0.5, 0.6) is 0 Å². The van der Waals surface area contributed by atoms with Crippen molar-refractivity contribution < 1.29 is 8.78 Å². The molecule has 1 aromatic carbocycles. The molecule has 0 bridgehead atoms. The zero-order valence-corrected chi connectivity index (χ0v) is 14.2. The highest BCUT2D eigenvalue weighted by molar-refractivity contribution is 7.20. The molecular formula is C15H11ClF2N6S. The van der Waals surface area contributed by atoms with E-state index in [1.807, 2.05) is 18.3 Å². The zero-order chi connectivity index (χ0) is 17.4. The van der Waals surface area contributed by atoms with Gasteiger partial charge in [0.15, 0.2) is 5.82 Å². The SMILES string of the molecule is FC(F)Cn1ccc(Nc2nn3cc(-c4ccc(Cl)cc4)nc3s2)n1. The van der Waals surface area contributed by atoms with Crippen LogP contribution in [0.4, 0.5) is 19.7 Å². The van der Waals surface area contributed by atoms with Crippen molar-refractivity contribution in [1.29, 1.82) is 0 Å². The van der Waals surface area contributed by atoms with E-state index in [1.54, 1.807) is 22.7 Å². The van der Waals surface area contributed by atoms with E-state index in [9.17, 15) is 8.78 Å². The second-order valence-electron chi connectivity index (χ2n) is 5.21. The highest BCUT2D eigenvalue weighted by Gasteiger charge is 2.11. The first kappa shape index (κ1) is 16.0. The van der Waals surface area contributed by atoms with Crippen molar-refractivity contribution in [3.05, 3.63) is 47.7 Å². The summed E-state index contributed by atoms with van der Waals surface area (Å²) in [6.07, 6.45) is 0.865. The Hall–Kier alpha value is -2.52. The summed E-state index contributed by atoms with van der Waals surface area (Å²) >= 11 is 7.23. The lowest BCUT2D eigenvalue weighted by atomic mass is 10.2. The van der Waals surface area contributed by atoms with Crippen LogP contribution in [0, 0.1) is 0 Å². The summed E-state index contributed by atoms with van der Waals surface area (Å²) in [5, 5.41) is 12.6. The molecule has 0 aliphatic heterocycles. The number of hydrogen-bond donors (Lipinski definition) is 1. The van der Waals surface area contributed by atoms with E-state index >= 15 is 0 Å². The fourth-order valence-electron chi connectivity index (χ4n) is 2.29. The Kier molecular flexibility index (Phi) is 4.10. The second kappa shape index (κ2) is 6.41. The van der Waals surface area contributed by atoms with Crippen LogP contribution < -0.4 is 5.32 Å². The third-order valence-electron chi connectivity index (χ3n) is 3.38. The summed E-state index contributed by atoms with van der Waals surface area (Å²) in [4.78, 5) is 5.24. The van der Waals surface area contributed by atoms with Gasteiger partial charge in [0.1, 0.15) is 6.54 Å². The van der Waals surface area contributed by atoms with Crippen LogP contribution in [0.15, 0.2) is 42.7 Å². The summed E-state index contributed by atoms with van der Waals surface area (Å²) in [6, 6.07) is 9.01. The third kappa shape index (κ3) is 3.47. The number of alkyl halides is 2. The number of halogens is 3. The number of nitrogens with one attached hydrogen (secondary N) is 1. The maximum atomic E-state index is 12.3. The summed E-state index contributed by atoms with van der Waals surface area (Å²) in [7, 11) is 0. The number of imidazole rings is 1. The zero-order valence-electron chi connectivity index (χ0n) is 12.6.